The van der Waals surface area contributed by atoms with Crippen molar-refractivity contribution in [2.45, 2.75) is 31.7 Å². The molecule has 1 atom stereocenters. The van der Waals surface area contributed by atoms with E-state index in [0.29, 0.717) is 0 Å². The highest BCUT2D eigenvalue weighted by atomic mass is 16.5. The van der Waals surface area contributed by atoms with E-state index in [0.717, 1.165) is 23.5 Å². The van der Waals surface area contributed by atoms with Gasteiger partial charge in [0, 0.05) is 17.7 Å². The predicted octanol–water partition coefficient (Wildman–Crippen LogP) is 2.38. The number of ether oxygens (including phenoxy) is 2. The Kier molecular flexibility index (Phi) is 2.58. The first-order chi connectivity index (χ1) is 7.49. The summed E-state index contributed by atoms with van der Waals surface area (Å²) in [6.45, 7) is 4.40. The maximum Gasteiger partial charge on any atom is 0.126 e. The van der Waals surface area contributed by atoms with Crippen LogP contribution in [0.5, 0.6) is 11.5 Å². The third kappa shape index (κ3) is 1.55. The summed E-state index contributed by atoms with van der Waals surface area (Å²) in [7, 11) is 3.35. The lowest BCUT2D eigenvalue weighted by molar-refractivity contribution is 0.381. The standard InChI is InChI=1S/C13H19NO2/c1-13(2)7-10(14)9-5-8(15-3)6-11(16-4)12(9)13/h5-6,10H,7,14H2,1-4H3/t10-/m1/s1. The van der Waals surface area contributed by atoms with Crippen LogP contribution in [0.25, 0.3) is 0 Å². The fraction of sp³-hybridized carbons (Fsp3) is 0.538. The molecule has 0 amide bonds. The van der Waals surface area contributed by atoms with Crippen molar-refractivity contribution in [3.05, 3.63) is 23.3 Å². The van der Waals surface area contributed by atoms with Crippen molar-refractivity contribution in [1.29, 1.82) is 0 Å². The lowest BCUT2D eigenvalue weighted by Gasteiger charge is -2.21. The Hall–Kier alpha value is -1.22. The number of rotatable bonds is 2. The molecule has 0 saturated carbocycles. The van der Waals surface area contributed by atoms with Crippen LogP contribution in [0.15, 0.2) is 12.1 Å². The summed E-state index contributed by atoms with van der Waals surface area (Å²) in [5, 5.41) is 0. The zero-order valence-corrected chi connectivity index (χ0v) is 10.3. The predicted molar refractivity (Wildman–Crippen MR) is 64.1 cm³/mol. The van der Waals surface area contributed by atoms with Gasteiger partial charge in [0.2, 0.25) is 0 Å². The van der Waals surface area contributed by atoms with Gasteiger partial charge in [-0.2, -0.15) is 0 Å². The highest BCUT2D eigenvalue weighted by Crippen LogP contribution is 2.49. The van der Waals surface area contributed by atoms with Gasteiger partial charge in [-0.1, -0.05) is 13.8 Å². The number of hydrogen-bond donors (Lipinski definition) is 1. The molecule has 2 N–H and O–H groups in total. The first kappa shape index (κ1) is 11.3. The van der Waals surface area contributed by atoms with Gasteiger partial charge in [-0.3, -0.25) is 0 Å². The second-order valence-electron chi connectivity index (χ2n) is 4.99. The molecule has 3 heteroatoms. The summed E-state index contributed by atoms with van der Waals surface area (Å²) in [6.07, 6.45) is 0.950. The highest BCUT2D eigenvalue weighted by molar-refractivity contribution is 5.54. The van der Waals surface area contributed by atoms with E-state index in [-0.39, 0.29) is 11.5 Å². The average molecular weight is 221 g/mol. The molecule has 0 aliphatic heterocycles. The lowest BCUT2D eigenvalue weighted by atomic mass is 9.86. The van der Waals surface area contributed by atoms with Gasteiger partial charge in [-0.05, 0) is 23.5 Å². The van der Waals surface area contributed by atoms with Crippen molar-refractivity contribution in [3.8, 4) is 11.5 Å². The lowest BCUT2D eigenvalue weighted by Crippen LogP contribution is -2.15. The maximum atomic E-state index is 6.16. The molecule has 0 aromatic heterocycles. The summed E-state index contributed by atoms with van der Waals surface area (Å²) in [6, 6.07) is 4.03. The van der Waals surface area contributed by atoms with E-state index in [1.165, 1.54) is 5.56 Å². The molecule has 1 aliphatic carbocycles. The van der Waals surface area contributed by atoms with E-state index in [1.54, 1.807) is 14.2 Å². The Labute approximate surface area is 96.5 Å². The monoisotopic (exact) mass is 221 g/mol. The summed E-state index contributed by atoms with van der Waals surface area (Å²) in [4.78, 5) is 0. The van der Waals surface area contributed by atoms with Gasteiger partial charge in [0.15, 0.2) is 0 Å². The van der Waals surface area contributed by atoms with Crippen LogP contribution < -0.4 is 15.2 Å². The van der Waals surface area contributed by atoms with Gasteiger partial charge < -0.3 is 15.2 Å². The minimum atomic E-state index is 0.0758. The van der Waals surface area contributed by atoms with Crippen molar-refractivity contribution >= 4 is 0 Å². The van der Waals surface area contributed by atoms with Crippen LogP contribution in [0.4, 0.5) is 0 Å². The average Bonchev–Trinajstić information content (AvgIpc) is 2.48. The summed E-state index contributed by atoms with van der Waals surface area (Å²) in [5.41, 5.74) is 8.61. The van der Waals surface area contributed by atoms with Gasteiger partial charge in [-0.25, -0.2) is 0 Å². The molecule has 1 aromatic rings. The highest BCUT2D eigenvalue weighted by Gasteiger charge is 2.38. The van der Waals surface area contributed by atoms with Crippen LogP contribution >= 0.6 is 0 Å². The Balaban J connectivity index is 2.64. The Morgan fingerprint density at radius 1 is 1.25 bits per heavy atom. The third-order valence-corrected chi connectivity index (χ3v) is 3.37. The molecule has 0 saturated heterocycles. The number of benzene rings is 1. The molecule has 0 fully saturated rings. The summed E-state index contributed by atoms with van der Waals surface area (Å²) >= 11 is 0. The smallest absolute Gasteiger partial charge is 0.126 e. The van der Waals surface area contributed by atoms with Crippen LogP contribution in [-0.2, 0) is 5.41 Å². The largest absolute Gasteiger partial charge is 0.497 e. The topological polar surface area (TPSA) is 44.5 Å². The van der Waals surface area contributed by atoms with Crippen molar-refractivity contribution in [1.82, 2.24) is 0 Å². The number of nitrogens with two attached hydrogens (primary N) is 1. The molecule has 0 heterocycles. The normalized spacial score (nSPS) is 21.7. The Morgan fingerprint density at radius 3 is 2.50 bits per heavy atom. The van der Waals surface area contributed by atoms with Gasteiger partial charge >= 0.3 is 0 Å². The van der Waals surface area contributed by atoms with Crippen LogP contribution in [0.1, 0.15) is 37.4 Å². The van der Waals surface area contributed by atoms with Crippen molar-refractivity contribution in [3.63, 3.8) is 0 Å². The molecule has 2 rings (SSSR count). The van der Waals surface area contributed by atoms with Crippen molar-refractivity contribution in [2.24, 2.45) is 5.73 Å². The number of methoxy groups -OCH3 is 2. The van der Waals surface area contributed by atoms with E-state index < -0.39 is 0 Å². The second kappa shape index (κ2) is 3.67. The Bertz CT molecular complexity index is 413. The minimum absolute atomic E-state index is 0.0758. The quantitative estimate of drug-likeness (QED) is 0.834. The zero-order valence-electron chi connectivity index (χ0n) is 10.3. The maximum absolute atomic E-state index is 6.16. The molecule has 16 heavy (non-hydrogen) atoms. The van der Waals surface area contributed by atoms with Crippen molar-refractivity contribution < 1.29 is 9.47 Å². The van der Waals surface area contributed by atoms with E-state index in [1.807, 2.05) is 12.1 Å². The fourth-order valence-corrected chi connectivity index (χ4v) is 2.67. The molecule has 0 radical (unpaired) electrons. The number of hydrogen-bond acceptors (Lipinski definition) is 3. The molecule has 88 valence electrons. The van der Waals surface area contributed by atoms with Gasteiger partial charge in [0.25, 0.3) is 0 Å². The molecule has 3 nitrogen and oxygen atoms in total. The summed E-state index contributed by atoms with van der Waals surface area (Å²) in [5.74, 6) is 1.69. The van der Waals surface area contributed by atoms with Crippen LogP contribution in [-0.4, -0.2) is 14.2 Å². The van der Waals surface area contributed by atoms with Gasteiger partial charge in [0.05, 0.1) is 14.2 Å². The first-order valence-corrected chi connectivity index (χ1v) is 5.51. The summed E-state index contributed by atoms with van der Waals surface area (Å²) < 4.78 is 10.7. The second-order valence-corrected chi connectivity index (χ2v) is 4.99. The minimum Gasteiger partial charge on any atom is -0.497 e. The SMILES string of the molecule is COc1cc(OC)c2c(c1)[C@H](N)CC2(C)C. The van der Waals surface area contributed by atoms with Crippen LogP contribution in [0.3, 0.4) is 0 Å². The van der Waals surface area contributed by atoms with Crippen molar-refractivity contribution in [2.75, 3.05) is 14.2 Å². The molecule has 1 aliphatic rings. The van der Waals surface area contributed by atoms with Crippen LogP contribution in [0.2, 0.25) is 0 Å². The molecular weight excluding hydrogens is 202 g/mol. The molecule has 0 unspecified atom stereocenters. The number of fused-ring (bicyclic) bond motifs is 1. The van der Waals surface area contributed by atoms with Crippen LogP contribution in [0, 0.1) is 0 Å². The van der Waals surface area contributed by atoms with E-state index in [9.17, 15) is 0 Å². The zero-order chi connectivity index (χ0) is 11.9. The molecule has 0 spiro atoms. The molecular formula is C13H19NO2. The third-order valence-electron chi connectivity index (χ3n) is 3.37. The van der Waals surface area contributed by atoms with Gasteiger partial charge in [-0.15, -0.1) is 0 Å². The first-order valence-electron chi connectivity index (χ1n) is 5.51. The Morgan fingerprint density at radius 2 is 1.94 bits per heavy atom. The van der Waals surface area contributed by atoms with E-state index >= 15 is 0 Å². The fourth-order valence-electron chi connectivity index (χ4n) is 2.67. The van der Waals surface area contributed by atoms with E-state index in [2.05, 4.69) is 13.8 Å². The van der Waals surface area contributed by atoms with Gasteiger partial charge in [0.1, 0.15) is 11.5 Å². The molecule has 0 bridgehead atoms. The molecule has 1 aromatic carbocycles. The van der Waals surface area contributed by atoms with E-state index in [4.69, 9.17) is 15.2 Å².